The van der Waals surface area contributed by atoms with Crippen LogP contribution in [0.3, 0.4) is 0 Å². The summed E-state index contributed by atoms with van der Waals surface area (Å²) in [6.07, 6.45) is 2.61. The summed E-state index contributed by atoms with van der Waals surface area (Å²) in [5, 5.41) is 0. The van der Waals surface area contributed by atoms with Crippen LogP contribution in [0.4, 0.5) is 26.3 Å². The third-order valence-corrected chi connectivity index (χ3v) is 5.09. The van der Waals surface area contributed by atoms with Crippen LogP contribution in [0.1, 0.15) is 60.9 Å². The van der Waals surface area contributed by atoms with Gasteiger partial charge in [0.05, 0.1) is 17.7 Å². The van der Waals surface area contributed by atoms with E-state index in [1.54, 1.807) is 0 Å². The summed E-state index contributed by atoms with van der Waals surface area (Å²) in [4.78, 5) is 0. The maximum Gasteiger partial charge on any atom is 0.190 e. The molecule has 3 aromatic carbocycles. The molecule has 3 aromatic rings. The van der Waals surface area contributed by atoms with Gasteiger partial charge in [-0.1, -0.05) is 50.4 Å². The first-order valence-electron chi connectivity index (χ1n) is 11.4. The molecule has 36 heavy (non-hydrogen) atoms. The minimum atomic E-state index is -1.09. The molecule has 0 radical (unpaired) electrons. The normalized spacial score (nSPS) is 10.3. The minimum Gasteiger partial charge on any atom is -0.488 e. The first-order chi connectivity index (χ1) is 17.2. The van der Waals surface area contributed by atoms with Crippen LogP contribution in [0.2, 0.25) is 0 Å². The molecule has 0 bridgehead atoms. The van der Waals surface area contributed by atoms with E-state index in [9.17, 15) is 26.3 Å². The van der Waals surface area contributed by atoms with Crippen molar-refractivity contribution in [3.8, 4) is 29.4 Å². The SMILES string of the molecule is CCCCOc1c(F)cc(C#Cc2c(F)cc(C#Cc3c(F)cc(CCC)cc3F)cc2F)cc1F. The van der Waals surface area contributed by atoms with Crippen LogP contribution >= 0.6 is 0 Å². The van der Waals surface area contributed by atoms with E-state index in [2.05, 4.69) is 23.7 Å². The Morgan fingerprint density at radius 2 is 1.03 bits per heavy atom. The van der Waals surface area contributed by atoms with Crippen molar-refractivity contribution >= 4 is 0 Å². The molecule has 0 amide bonds. The largest absolute Gasteiger partial charge is 0.488 e. The number of benzene rings is 3. The summed E-state index contributed by atoms with van der Waals surface area (Å²) < 4.78 is 90.9. The van der Waals surface area contributed by atoms with Crippen LogP contribution in [0.5, 0.6) is 5.75 Å². The minimum absolute atomic E-state index is 0.143. The van der Waals surface area contributed by atoms with Crippen LogP contribution in [0, 0.1) is 58.6 Å². The van der Waals surface area contributed by atoms with Gasteiger partial charge in [0, 0.05) is 11.1 Å². The van der Waals surface area contributed by atoms with Gasteiger partial charge in [-0.15, -0.1) is 0 Å². The highest BCUT2D eigenvalue weighted by Crippen LogP contribution is 2.24. The van der Waals surface area contributed by atoms with Gasteiger partial charge in [0.2, 0.25) is 0 Å². The highest BCUT2D eigenvalue weighted by Gasteiger charge is 2.13. The van der Waals surface area contributed by atoms with Crippen molar-refractivity contribution in [2.45, 2.75) is 39.5 Å². The molecular formula is C29H22F6O. The highest BCUT2D eigenvalue weighted by molar-refractivity contribution is 5.50. The molecule has 0 unspecified atom stereocenters. The zero-order chi connectivity index (χ0) is 26.2. The monoisotopic (exact) mass is 500 g/mol. The lowest BCUT2D eigenvalue weighted by atomic mass is 10.1. The van der Waals surface area contributed by atoms with E-state index in [0.29, 0.717) is 24.8 Å². The molecule has 0 spiro atoms. The van der Waals surface area contributed by atoms with Crippen molar-refractivity contribution < 1.29 is 31.1 Å². The number of ether oxygens (including phenoxy) is 1. The van der Waals surface area contributed by atoms with E-state index in [4.69, 9.17) is 4.74 Å². The summed E-state index contributed by atoms with van der Waals surface area (Å²) in [5.41, 5.74) is -0.987. The first-order valence-corrected chi connectivity index (χ1v) is 11.4. The number of unbranched alkanes of at least 4 members (excludes halogenated alkanes) is 1. The molecule has 0 aliphatic heterocycles. The molecule has 0 N–H and O–H groups in total. The maximum absolute atomic E-state index is 14.5. The maximum atomic E-state index is 14.5. The van der Waals surface area contributed by atoms with E-state index in [1.165, 1.54) is 12.1 Å². The molecular weight excluding hydrogens is 478 g/mol. The second kappa shape index (κ2) is 12.2. The quantitative estimate of drug-likeness (QED) is 0.194. The third kappa shape index (κ3) is 6.64. The molecule has 3 rings (SSSR count). The number of halogens is 6. The molecule has 186 valence electrons. The predicted molar refractivity (Wildman–Crippen MR) is 125 cm³/mol. The van der Waals surface area contributed by atoms with Gasteiger partial charge in [0.25, 0.3) is 0 Å². The number of hydrogen-bond acceptors (Lipinski definition) is 1. The molecule has 1 nitrogen and oxygen atoms in total. The Kier molecular flexibility index (Phi) is 9.08. The summed E-state index contributed by atoms with van der Waals surface area (Å²) in [5.74, 6) is 2.75. The smallest absolute Gasteiger partial charge is 0.190 e. The molecule has 0 aliphatic carbocycles. The summed E-state index contributed by atoms with van der Waals surface area (Å²) in [6.45, 7) is 3.92. The van der Waals surface area contributed by atoms with Crippen LogP contribution < -0.4 is 4.74 Å². The Bertz CT molecular complexity index is 1320. The van der Waals surface area contributed by atoms with Gasteiger partial charge in [-0.25, -0.2) is 26.3 Å². The fraction of sp³-hybridized carbons (Fsp3) is 0.241. The summed E-state index contributed by atoms with van der Waals surface area (Å²) in [6, 6.07) is 5.86. The molecule has 0 saturated carbocycles. The third-order valence-electron chi connectivity index (χ3n) is 5.09. The molecule has 7 heteroatoms. The standard InChI is InChI=1S/C29H22F6O/c1-3-5-11-36-29-27(34)16-20(17-28(29)35)8-10-22-25(32)14-19(15-26(22)33)7-9-21-23(30)12-18(6-4-2)13-24(21)31/h12-17H,3-6,11H2,1-2H3. The Labute approximate surface area is 206 Å². The lowest BCUT2D eigenvalue weighted by Crippen LogP contribution is -2.01. The van der Waals surface area contributed by atoms with Crippen molar-refractivity contribution in [2.75, 3.05) is 6.61 Å². The summed E-state index contributed by atoms with van der Waals surface area (Å²) in [7, 11) is 0. The molecule has 0 aromatic heterocycles. The van der Waals surface area contributed by atoms with E-state index in [-0.39, 0.29) is 17.7 Å². The van der Waals surface area contributed by atoms with E-state index < -0.39 is 51.8 Å². The highest BCUT2D eigenvalue weighted by atomic mass is 19.2. The van der Waals surface area contributed by atoms with Crippen LogP contribution in [0.15, 0.2) is 36.4 Å². The Morgan fingerprint density at radius 1 is 0.583 bits per heavy atom. The van der Waals surface area contributed by atoms with E-state index >= 15 is 0 Å². The Hall–Kier alpha value is -3.84. The zero-order valence-electron chi connectivity index (χ0n) is 19.7. The van der Waals surface area contributed by atoms with Gasteiger partial charge in [0.1, 0.15) is 23.3 Å². The van der Waals surface area contributed by atoms with Gasteiger partial charge in [-0.2, -0.15) is 0 Å². The van der Waals surface area contributed by atoms with Crippen molar-refractivity contribution in [3.05, 3.63) is 99.1 Å². The van der Waals surface area contributed by atoms with Crippen LogP contribution in [0.25, 0.3) is 0 Å². The lowest BCUT2D eigenvalue weighted by molar-refractivity contribution is 0.278. The average Bonchev–Trinajstić information content (AvgIpc) is 2.80. The van der Waals surface area contributed by atoms with Crippen molar-refractivity contribution in [2.24, 2.45) is 0 Å². The Morgan fingerprint density at radius 3 is 1.47 bits per heavy atom. The van der Waals surface area contributed by atoms with Crippen LogP contribution in [-0.4, -0.2) is 6.61 Å². The van der Waals surface area contributed by atoms with Crippen LogP contribution in [-0.2, 0) is 6.42 Å². The van der Waals surface area contributed by atoms with Gasteiger partial charge in [-0.05, 0) is 54.8 Å². The molecule has 0 aliphatic rings. The second-order valence-electron chi connectivity index (χ2n) is 7.97. The number of hydrogen-bond donors (Lipinski definition) is 0. The topological polar surface area (TPSA) is 9.23 Å². The predicted octanol–water partition coefficient (Wildman–Crippen LogP) is 7.45. The molecule has 0 atom stereocenters. The average molecular weight is 500 g/mol. The van der Waals surface area contributed by atoms with E-state index in [0.717, 1.165) is 30.7 Å². The fourth-order valence-electron chi connectivity index (χ4n) is 3.30. The Balaban J connectivity index is 1.85. The lowest BCUT2D eigenvalue weighted by Gasteiger charge is -2.08. The van der Waals surface area contributed by atoms with Gasteiger partial charge in [0.15, 0.2) is 17.4 Å². The van der Waals surface area contributed by atoms with Gasteiger partial charge >= 0.3 is 0 Å². The molecule has 0 saturated heterocycles. The molecule has 0 heterocycles. The number of rotatable bonds is 6. The van der Waals surface area contributed by atoms with Gasteiger partial charge < -0.3 is 4.74 Å². The van der Waals surface area contributed by atoms with Crippen molar-refractivity contribution in [1.82, 2.24) is 0 Å². The summed E-state index contributed by atoms with van der Waals surface area (Å²) >= 11 is 0. The van der Waals surface area contributed by atoms with E-state index in [1.807, 2.05) is 13.8 Å². The van der Waals surface area contributed by atoms with Crippen molar-refractivity contribution in [3.63, 3.8) is 0 Å². The second-order valence-corrected chi connectivity index (χ2v) is 7.97. The zero-order valence-corrected chi connectivity index (χ0v) is 19.7. The molecule has 0 fully saturated rings. The fourth-order valence-corrected chi connectivity index (χ4v) is 3.30. The van der Waals surface area contributed by atoms with Crippen molar-refractivity contribution in [1.29, 1.82) is 0 Å². The first kappa shape index (κ1) is 26.8. The number of aryl methyl sites for hydroxylation is 1. The van der Waals surface area contributed by atoms with Gasteiger partial charge in [-0.3, -0.25) is 0 Å².